The molecule has 136 valence electrons. The molecule has 1 amide bonds. The second-order valence-corrected chi connectivity index (χ2v) is 7.91. The van der Waals surface area contributed by atoms with Crippen molar-refractivity contribution in [2.24, 2.45) is 0 Å². The number of rotatable bonds is 3. The summed E-state index contributed by atoms with van der Waals surface area (Å²) in [6.07, 6.45) is 0. The van der Waals surface area contributed by atoms with E-state index >= 15 is 0 Å². The third-order valence-corrected chi connectivity index (χ3v) is 6.36. The zero-order valence-corrected chi connectivity index (χ0v) is 15.3. The van der Waals surface area contributed by atoms with E-state index in [0.717, 1.165) is 0 Å². The van der Waals surface area contributed by atoms with Crippen LogP contribution in [0.3, 0.4) is 0 Å². The number of nitriles is 1. The molecule has 1 aliphatic rings. The summed E-state index contributed by atoms with van der Waals surface area (Å²) in [5, 5.41) is 12.9. The minimum absolute atomic E-state index is 0.00648. The largest absolute Gasteiger partial charge is 0.361 e. The van der Waals surface area contributed by atoms with Crippen molar-refractivity contribution >= 4 is 15.9 Å². The Morgan fingerprint density at radius 2 is 1.85 bits per heavy atom. The molecule has 1 aromatic carbocycles. The van der Waals surface area contributed by atoms with Crippen LogP contribution in [0.5, 0.6) is 0 Å². The lowest BCUT2D eigenvalue weighted by Crippen LogP contribution is -2.50. The smallest absolute Gasteiger partial charge is 0.259 e. The van der Waals surface area contributed by atoms with Crippen LogP contribution >= 0.6 is 0 Å². The van der Waals surface area contributed by atoms with Gasteiger partial charge in [-0.05, 0) is 26.0 Å². The van der Waals surface area contributed by atoms with Crippen molar-refractivity contribution < 1.29 is 17.7 Å². The van der Waals surface area contributed by atoms with Crippen molar-refractivity contribution in [2.75, 3.05) is 26.2 Å². The van der Waals surface area contributed by atoms with Crippen LogP contribution in [0.25, 0.3) is 0 Å². The lowest BCUT2D eigenvalue weighted by Gasteiger charge is -2.34. The van der Waals surface area contributed by atoms with E-state index in [9.17, 15) is 13.2 Å². The highest BCUT2D eigenvalue weighted by Gasteiger charge is 2.33. The zero-order chi connectivity index (χ0) is 18.9. The fraction of sp³-hybridized carbons (Fsp3) is 0.353. The second kappa shape index (κ2) is 6.90. The van der Waals surface area contributed by atoms with E-state index in [1.165, 1.54) is 16.4 Å². The first-order chi connectivity index (χ1) is 12.4. The van der Waals surface area contributed by atoms with Crippen molar-refractivity contribution in [1.82, 2.24) is 14.4 Å². The number of sulfonamides is 1. The fourth-order valence-electron chi connectivity index (χ4n) is 3.00. The Labute approximate surface area is 151 Å². The first-order valence-electron chi connectivity index (χ1n) is 8.07. The van der Waals surface area contributed by atoms with Crippen LogP contribution in [0.1, 0.15) is 27.4 Å². The molecule has 9 heteroatoms. The van der Waals surface area contributed by atoms with Crippen molar-refractivity contribution in [3.63, 3.8) is 0 Å². The Bertz CT molecular complexity index is 963. The molecule has 0 radical (unpaired) electrons. The summed E-state index contributed by atoms with van der Waals surface area (Å²) >= 11 is 0. The van der Waals surface area contributed by atoms with E-state index in [4.69, 9.17) is 9.78 Å². The van der Waals surface area contributed by atoms with Crippen molar-refractivity contribution in [3.8, 4) is 6.07 Å². The van der Waals surface area contributed by atoms with Gasteiger partial charge in [0.15, 0.2) is 0 Å². The molecule has 1 aliphatic heterocycles. The van der Waals surface area contributed by atoms with Crippen LogP contribution in [0.2, 0.25) is 0 Å². The maximum absolute atomic E-state index is 12.8. The van der Waals surface area contributed by atoms with E-state index in [0.29, 0.717) is 17.0 Å². The van der Waals surface area contributed by atoms with E-state index < -0.39 is 10.0 Å². The van der Waals surface area contributed by atoms with Crippen molar-refractivity contribution in [3.05, 3.63) is 46.8 Å². The summed E-state index contributed by atoms with van der Waals surface area (Å²) in [5.41, 5.74) is 1.06. The predicted octanol–water partition coefficient (Wildman–Crippen LogP) is 1.31. The molecular weight excluding hydrogens is 356 g/mol. The molecule has 0 N–H and O–H groups in total. The Morgan fingerprint density at radius 3 is 2.42 bits per heavy atom. The van der Waals surface area contributed by atoms with Crippen molar-refractivity contribution in [1.29, 1.82) is 5.26 Å². The Kier molecular flexibility index (Phi) is 4.80. The summed E-state index contributed by atoms with van der Waals surface area (Å²) in [6, 6.07) is 8.02. The third kappa shape index (κ3) is 3.09. The van der Waals surface area contributed by atoms with Crippen LogP contribution in [0, 0.1) is 25.2 Å². The number of hydrogen-bond donors (Lipinski definition) is 0. The average Bonchev–Trinajstić information content (AvgIpc) is 2.99. The molecule has 0 spiro atoms. The second-order valence-electron chi connectivity index (χ2n) is 6.00. The third-order valence-electron chi connectivity index (χ3n) is 4.40. The van der Waals surface area contributed by atoms with Crippen LogP contribution in [0.4, 0.5) is 0 Å². The number of benzene rings is 1. The molecule has 1 aromatic heterocycles. The predicted molar refractivity (Wildman–Crippen MR) is 91.8 cm³/mol. The molecule has 0 atom stereocenters. The summed E-state index contributed by atoms with van der Waals surface area (Å²) in [7, 11) is -3.78. The topological polar surface area (TPSA) is 108 Å². The minimum Gasteiger partial charge on any atom is -0.361 e. The normalized spacial score (nSPS) is 15.7. The first-order valence-corrected chi connectivity index (χ1v) is 9.51. The van der Waals surface area contributed by atoms with Gasteiger partial charge in [-0.2, -0.15) is 9.57 Å². The van der Waals surface area contributed by atoms with E-state index in [1.807, 2.05) is 6.07 Å². The van der Waals surface area contributed by atoms with E-state index in [-0.39, 0.29) is 42.5 Å². The average molecular weight is 374 g/mol. The molecule has 1 saturated heterocycles. The number of carbonyl (C=O) groups excluding carboxylic acids is 1. The number of aryl methyl sites for hydroxylation is 2. The zero-order valence-electron chi connectivity index (χ0n) is 14.5. The molecule has 0 aliphatic carbocycles. The van der Waals surface area contributed by atoms with Gasteiger partial charge in [-0.1, -0.05) is 17.3 Å². The molecule has 0 saturated carbocycles. The van der Waals surface area contributed by atoms with Crippen molar-refractivity contribution in [2.45, 2.75) is 18.7 Å². The SMILES string of the molecule is Cc1noc(C)c1C(=O)N1CCN(S(=O)(=O)c2ccccc2C#N)CC1. The highest BCUT2D eigenvalue weighted by molar-refractivity contribution is 7.89. The van der Waals surface area contributed by atoms with Gasteiger partial charge in [0.05, 0.1) is 16.2 Å². The van der Waals surface area contributed by atoms with Gasteiger partial charge in [0.2, 0.25) is 10.0 Å². The van der Waals surface area contributed by atoms with Crippen LogP contribution in [0.15, 0.2) is 33.7 Å². The monoisotopic (exact) mass is 374 g/mol. The standard InChI is InChI=1S/C17H18N4O4S/c1-12-16(13(2)25-19-12)17(22)20-7-9-21(10-8-20)26(23,24)15-6-4-3-5-14(15)11-18/h3-6H,7-10H2,1-2H3. The number of hydrogen-bond acceptors (Lipinski definition) is 6. The minimum atomic E-state index is -3.78. The maximum Gasteiger partial charge on any atom is 0.259 e. The van der Waals surface area contributed by atoms with Gasteiger partial charge < -0.3 is 9.42 Å². The Balaban J connectivity index is 1.76. The van der Waals surface area contributed by atoms with Crippen LogP contribution < -0.4 is 0 Å². The maximum atomic E-state index is 12.8. The molecule has 0 bridgehead atoms. The van der Waals surface area contributed by atoms with Gasteiger partial charge in [0, 0.05) is 26.2 Å². The molecular formula is C17H18N4O4S. The number of piperazine rings is 1. The number of aromatic nitrogens is 1. The van der Waals surface area contributed by atoms with E-state index in [1.54, 1.807) is 30.9 Å². The quantitative estimate of drug-likeness (QED) is 0.802. The summed E-state index contributed by atoms with van der Waals surface area (Å²) < 4.78 is 32.0. The van der Waals surface area contributed by atoms with Crippen LogP contribution in [-0.2, 0) is 10.0 Å². The lowest BCUT2D eigenvalue weighted by atomic mass is 10.1. The molecule has 8 nitrogen and oxygen atoms in total. The number of carbonyl (C=O) groups is 1. The molecule has 2 aromatic rings. The first kappa shape index (κ1) is 18.1. The summed E-state index contributed by atoms with van der Waals surface area (Å²) in [4.78, 5) is 14.2. The number of nitrogens with zero attached hydrogens (tertiary/aromatic N) is 4. The Morgan fingerprint density at radius 1 is 1.19 bits per heavy atom. The Hall–Kier alpha value is -2.70. The highest BCUT2D eigenvalue weighted by atomic mass is 32.2. The molecule has 1 fully saturated rings. The van der Waals surface area contributed by atoms with Gasteiger partial charge in [-0.15, -0.1) is 0 Å². The molecule has 26 heavy (non-hydrogen) atoms. The van der Waals surface area contributed by atoms with Gasteiger partial charge in [-0.25, -0.2) is 8.42 Å². The highest BCUT2D eigenvalue weighted by Crippen LogP contribution is 2.22. The molecule has 0 unspecified atom stereocenters. The van der Waals surface area contributed by atoms with Gasteiger partial charge >= 0.3 is 0 Å². The fourth-order valence-corrected chi connectivity index (χ4v) is 4.57. The van der Waals surface area contributed by atoms with Gasteiger partial charge in [0.25, 0.3) is 5.91 Å². The number of amides is 1. The van der Waals surface area contributed by atoms with E-state index in [2.05, 4.69) is 5.16 Å². The summed E-state index contributed by atoms with van der Waals surface area (Å²) in [6.45, 7) is 4.22. The van der Waals surface area contributed by atoms with Gasteiger partial charge in [0.1, 0.15) is 17.4 Å². The lowest BCUT2D eigenvalue weighted by molar-refractivity contribution is 0.0695. The summed E-state index contributed by atoms with van der Waals surface area (Å²) in [5.74, 6) is 0.237. The van der Waals surface area contributed by atoms with Gasteiger partial charge in [-0.3, -0.25) is 4.79 Å². The van der Waals surface area contributed by atoms with Crippen LogP contribution in [-0.4, -0.2) is 54.9 Å². The molecule has 2 heterocycles. The molecule has 3 rings (SSSR count).